The molecule has 134 valence electrons. The first kappa shape index (κ1) is 18.9. The quantitative estimate of drug-likeness (QED) is 0.741. The molecule has 1 N–H and O–H groups in total. The molecule has 24 heavy (non-hydrogen) atoms. The van der Waals surface area contributed by atoms with E-state index in [-0.39, 0.29) is 5.91 Å². The number of nitrogens with zero attached hydrogens (tertiary/aromatic N) is 1. The van der Waals surface area contributed by atoms with Gasteiger partial charge in [-0.25, -0.2) is 0 Å². The molecule has 0 aliphatic carbocycles. The van der Waals surface area contributed by atoms with E-state index < -0.39 is 0 Å². The molecule has 0 bridgehead atoms. The van der Waals surface area contributed by atoms with Gasteiger partial charge in [0.05, 0.1) is 12.2 Å². The fourth-order valence-electron chi connectivity index (χ4n) is 3.26. The van der Waals surface area contributed by atoms with Gasteiger partial charge in [0.1, 0.15) is 0 Å². The predicted octanol–water partition coefficient (Wildman–Crippen LogP) is 3.49. The molecular formula is C20H32N2O2. The first-order valence-corrected chi connectivity index (χ1v) is 9.29. The highest BCUT2D eigenvalue weighted by molar-refractivity contribution is 5.75. The molecule has 0 saturated carbocycles. The Labute approximate surface area is 146 Å². The summed E-state index contributed by atoms with van der Waals surface area (Å²) in [4.78, 5) is 14.2. The number of morpholine rings is 1. The van der Waals surface area contributed by atoms with Crippen molar-refractivity contribution in [1.29, 1.82) is 0 Å². The molecule has 0 unspecified atom stereocenters. The minimum atomic E-state index is 0.156. The zero-order valence-electron chi connectivity index (χ0n) is 15.4. The van der Waals surface area contributed by atoms with Crippen molar-refractivity contribution in [2.75, 3.05) is 13.1 Å². The van der Waals surface area contributed by atoms with Crippen LogP contribution in [0.4, 0.5) is 0 Å². The van der Waals surface area contributed by atoms with Gasteiger partial charge in [-0.1, -0.05) is 44.0 Å². The van der Waals surface area contributed by atoms with Gasteiger partial charge < -0.3 is 10.1 Å². The van der Waals surface area contributed by atoms with Crippen LogP contribution < -0.4 is 5.32 Å². The van der Waals surface area contributed by atoms with Crippen LogP contribution in [-0.4, -0.2) is 36.1 Å². The molecule has 1 saturated heterocycles. The smallest absolute Gasteiger partial charge is 0.220 e. The lowest BCUT2D eigenvalue weighted by atomic mass is 10.1. The summed E-state index contributed by atoms with van der Waals surface area (Å²) in [6.45, 7) is 9.97. The standard InChI is InChI=1S/C20H32N2O2/c1-4-5-6-7-20(23)21-12-18-8-10-19(11-9-18)15-22-13-16(2)24-17(3)14-22/h8-11,16-17H,4-7,12-15H2,1-3H3,(H,21,23)/t16-,17-/m1/s1. The summed E-state index contributed by atoms with van der Waals surface area (Å²) in [7, 11) is 0. The van der Waals surface area contributed by atoms with Crippen LogP contribution in [0, 0.1) is 0 Å². The van der Waals surface area contributed by atoms with Gasteiger partial charge in [-0.05, 0) is 31.4 Å². The molecule has 1 fully saturated rings. The number of benzene rings is 1. The van der Waals surface area contributed by atoms with E-state index in [9.17, 15) is 4.79 Å². The second-order valence-electron chi connectivity index (χ2n) is 7.00. The summed E-state index contributed by atoms with van der Waals surface area (Å²) in [6, 6.07) is 8.58. The Kier molecular flexibility index (Phi) is 7.73. The van der Waals surface area contributed by atoms with Gasteiger partial charge in [0.2, 0.25) is 5.91 Å². The highest BCUT2D eigenvalue weighted by Gasteiger charge is 2.21. The molecule has 0 aromatic heterocycles. The third-order valence-corrected chi connectivity index (χ3v) is 4.42. The number of ether oxygens (including phenoxy) is 1. The molecule has 2 rings (SSSR count). The average Bonchev–Trinajstić information content (AvgIpc) is 2.53. The number of rotatable bonds is 8. The molecule has 1 amide bonds. The minimum Gasteiger partial charge on any atom is -0.373 e. The van der Waals surface area contributed by atoms with Crippen molar-refractivity contribution >= 4 is 5.91 Å². The topological polar surface area (TPSA) is 41.6 Å². The molecule has 4 heteroatoms. The van der Waals surface area contributed by atoms with E-state index in [2.05, 4.69) is 55.3 Å². The number of hydrogen-bond acceptors (Lipinski definition) is 3. The molecule has 1 heterocycles. The predicted molar refractivity (Wildman–Crippen MR) is 97.7 cm³/mol. The number of unbranched alkanes of at least 4 members (excludes halogenated alkanes) is 2. The monoisotopic (exact) mass is 332 g/mol. The maximum atomic E-state index is 11.8. The van der Waals surface area contributed by atoms with Crippen LogP contribution in [0.25, 0.3) is 0 Å². The Morgan fingerprint density at radius 3 is 2.38 bits per heavy atom. The van der Waals surface area contributed by atoms with E-state index in [4.69, 9.17) is 4.74 Å². The zero-order valence-corrected chi connectivity index (χ0v) is 15.4. The number of amides is 1. The Morgan fingerprint density at radius 2 is 1.75 bits per heavy atom. The molecule has 1 aliphatic rings. The van der Waals surface area contributed by atoms with Crippen molar-refractivity contribution in [3.63, 3.8) is 0 Å². The number of nitrogens with one attached hydrogen (secondary N) is 1. The Balaban J connectivity index is 1.75. The van der Waals surface area contributed by atoms with Gasteiger partial charge in [-0.15, -0.1) is 0 Å². The van der Waals surface area contributed by atoms with Crippen LogP contribution in [0.3, 0.4) is 0 Å². The maximum absolute atomic E-state index is 11.8. The molecule has 2 atom stereocenters. The van der Waals surface area contributed by atoms with Gasteiger partial charge >= 0.3 is 0 Å². The van der Waals surface area contributed by atoms with Gasteiger partial charge in [0.25, 0.3) is 0 Å². The Hall–Kier alpha value is -1.39. The second kappa shape index (κ2) is 9.80. The summed E-state index contributed by atoms with van der Waals surface area (Å²) >= 11 is 0. The van der Waals surface area contributed by atoms with Gasteiger partial charge in [-0.3, -0.25) is 9.69 Å². The van der Waals surface area contributed by atoms with Crippen molar-refractivity contribution in [2.45, 2.75) is 71.8 Å². The average molecular weight is 332 g/mol. The zero-order chi connectivity index (χ0) is 17.4. The van der Waals surface area contributed by atoms with Gasteiger partial charge in [-0.2, -0.15) is 0 Å². The maximum Gasteiger partial charge on any atom is 0.220 e. The van der Waals surface area contributed by atoms with Crippen LogP contribution in [0.2, 0.25) is 0 Å². The lowest BCUT2D eigenvalue weighted by Crippen LogP contribution is -2.44. The number of carbonyl (C=O) groups excluding carboxylic acids is 1. The van der Waals surface area contributed by atoms with E-state index in [1.807, 2.05) is 0 Å². The van der Waals surface area contributed by atoms with Crippen LogP contribution in [-0.2, 0) is 22.6 Å². The Bertz CT molecular complexity index is 491. The highest BCUT2D eigenvalue weighted by atomic mass is 16.5. The summed E-state index contributed by atoms with van der Waals surface area (Å²) in [5.41, 5.74) is 2.47. The second-order valence-corrected chi connectivity index (χ2v) is 7.00. The third-order valence-electron chi connectivity index (χ3n) is 4.42. The minimum absolute atomic E-state index is 0.156. The van der Waals surface area contributed by atoms with Crippen LogP contribution in [0.15, 0.2) is 24.3 Å². The SMILES string of the molecule is CCCCCC(=O)NCc1ccc(CN2C[C@@H](C)O[C@H](C)C2)cc1. The highest BCUT2D eigenvalue weighted by Crippen LogP contribution is 2.14. The first-order valence-electron chi connectivity index (χ1n) is 9.29. The van der Waals surface area contributed by atoms with Gasteiger partial charge in [0, 0.05) is 32.6 Å². The van der Waals surface area contributed by atoms with Crippen LogP contribution >= 0.6 is 0 Å². The van der Waals surface area contributed by atoms with Crippen LogP contribution in [0.1, 0.15) is 57.6 Å². The fraction of sp³-hybridized carbons (Fsp3) is 0.650. The Morgan fingerprint density at radius 1 is 1.12 bits per heavy atom. The molecule has 0 spiro atoms. The molecule has 0 radical (unpaired) electrons. The van der Waals surface area contributed by atoms with E-state index >= 15 is 0 Å². The largest absolute Gasteiger partial charge is 0.373 e. The molecular weight excluding hydrogens is 300 g/mol. The molecule has 1 aliphatic heterocycles. The summed E-state index contributed by atoms with van der Waals surface area (Å²) < 4.78 is 5.78. The van der Waals surface area contributed by atoms with E-state index in [1.54, 1.807) is 0 Å². The molecule has 1 aromatic carbocycles. The summed E-state index contributed by atoms with van der Waals surface area (Å²) in [5, 5.41) is 3.00. The van der Waals surface area contributed by atoms with Crippen molar-refractivity contribution < 1.29 is 9.53 Å². The fourth-order valence-corrected chi connectivity index (χ4v) is 3.26. The lowest BCUT2D eigenvalue weighted by molar-refractivity contribution is -0.121. The van der Waals surface area contributed by atoms with Crippen molar-refractivity contribution in [2.24, 2.45) is 0 Å². The van der Waals surface area contributed by atoms with E-state index in [1.165, 1.54) is 5.56 Å². The van der Waals surface area contributed by atoms with E-state index in [0.717, 1.165) is 44.5 Å². The van der Waals surface area contributed by atoms with Crippen molar-refractivity contribution in [3.05, 3.63) is 35.4 Å². The van der Waals surface area contributed by atoms with Crippen LogP contribution in [0.5, 0.6) is 0 Å². The normalized spacial score (nSPS) is 21.6. The summed E-state index contributed by atoms with van der Waals surface area (Å²) in [6.07, 6.45) is 4.50. The lowest BCUT2D eigenvalue weighted by Gasteiger charge is -2.35. The summed E-state index contributed by atoms with van der Waals surface area (Å²) in [5.74, 6) is 0.156. The number of carbonyl (C=O) groups is 1. The van der Waals surface area contributed by atoms with Crippen molar-refractivity contribution in [1.82, 2.24) is 10.2 Å². The molecule has 4 nitrogen and oxygen atoms in total. The van der Waals surface area contributed by atoms with Crippen molar-refractivity contribution in [3.8, 4) is 0 Å². The first-order chi connectivity index (χ1) is 11.6. The molecule has 1 aromatic rings. The number of hydrogen-bond donors (Lipinski definition) is 1. The third kappa shape index (κ3) is 6.62. The van der Waals surface area contributed by atoms with E-state index in [0.29, 0.717) is 25.2 Å². The van der Waals surface area contributed by atoms with Gasteiger partial charge in [0.15, 0.2) is 0 Å².